The second-order valence-corrected chi connectivity index (χ2v) is 6.78. The van der Waals surface area contributed by atoms with Gasteiger partial charge in [-0.3, -0.25) is 9.36 Å². The number of ketones is 1. The molecule has 1 unspecified atom stereocenters. The lowest BCUT2D eigenvalue weighted by molar-refractivity contribution is -0.117. The Morgan fingerprint density at radius 2 is 2.07 bits per heavy atom. The topological polar surface area (TPSA) is 109 Å². The summed E-state index contributed by atoms with van der Waals surface area (Å²) in [4.78, 5) is 12.2. The Morgan fingerprint density at radius 1 is 1.30 bits per heavy atom. The van der Waals surface area contributed by atoms with Crippen LogP contribution in [0.25, 0.3) is 11.4 Å². The van der Waals surface area contributed by atoms with Crippen molar-refractivity contribution in [2.24, 2.45) is 5.92 Å². The van der Waals surface area contributed by atoms with Gasteiger partial charge in [-0.25, -0.2) is 0 Å². The number of carbonyl (C=O) groups excluding carboxylic acids is 1. The Kier molecular flexibility index (Phi) is 5.84. The van der Waals surface area contributed by atoms with Crippen molar-refractivity contribution in [2.45, 2.75) is 18.6 Å². The molecule has 0 fully saturated rings. The number of rotatable bonds is 8. The molecular formula is C19H17N5O2S. The average Bonchev–Trinajstić information content (AvgIpc) is 3.31. The summed E-state index contributed by atoms with van der Waals surface area (Å²) < 4.78 is 7.32. The van der Waals surface area contributed by atoms with Crippen LogP contribution in [-0.2, 0) is 11.3 Å². The van der Waals surface area contributed by atoms with Crippen LogP contribution in [-0.4, -0.2) is 32.0 Å². The smallest absolute Gasteiger partial charge is 0.192 e. The van der Waals surface area contributed by atoms with E-state index in [1.807, 2.05) is 53.1 Å². The predicted molar refractivity (Wildman–Crippen MR) is 102 cm³/mol. The number of hydrogen-bond acceptors (Lipinski definition) is 7. The Morgan fingerprint density at radius 3 is 2.70 bits per heavy atom. The van der Waals surface area contributed by atoms with Gasteiger partial charge in [0.1, 0.15) is 11.7 Å². The molecule has 1 N–H and O–H groups in total. The minimum absolute atomic E-state index is 0.0412. The van der Waals surface area contributed by atoms with Crippen molar-refractivity contribution in [1.82, 2.24) is 14.8 Å². The Balaban J connectivity index is 1.87. The second kappa shape index (κ2) is 8.47. The minimum atomic E-state index is -1.02. The van der Waals surface area contributed by atoms with Crippen LogP contribution in [0.3, 0.4) is 0 Å². The molecule has 0 radical (unpaired) electrons. The minimum Gasteiger partial charge on any atom is -0.467 e. The van der Waals surface area contributed by atoms with Gasteiger partial charge in [-0.2, -0.15) is 5.26 Å². The molecule has 1 atom stereocenters. The van der Waals surface area contributed by atoms with Crippen molar-refractivity contribution in [2.75, 3.05) is 5.75 Å². The number of nitriles is 1. The molecule has 0 bridgehead atoms. The van der Waals surface area contributed by atoms with Crippen LogP contribution < -0.4 is 0 Å². The van der Waals surface area contributed by atoms with Gasteiger partial charge in [0.2, 0.25) is 0 Å². The van der Waals surface area contributed by atoms with Gasteiger partial charge in [0, 0.05) is 11.3 Å². The van der Waals surface area contributed by atoms with Crippen LogP contribution in [0, 0.1) is 22.7 Å². The fourth-order valence-corrected chi connectivity index (χ4v) is 3.37. The Hall–Kier alpha value is -3.18. The quantitative estimate of drug-likeness (QED) is 0.474. The van der Waals surface area contributed by atoms with E-state index >= 15 is 0 Å². The number of benzene rings is 1. The first-order chi connectivity index (χ1) is 13.1. The maximum Gasteiger partial charge on any atom is 0.192 e. The van der Waals surface area contributed by atoms with Gasteiger partial charge in [-0.05, 0) is 19.1 Å². The molecule has 2 aromatic heterocycles. The third-order valence-corrected chi connectivity index (χ3v) is 4.86. The summed E-state index contributed by atoms with van der Waals surface area (Å²) >= 11 is 1.20. The monoisotopic (exact) mass is 379 g/mol. The summed E-state index contributed by atoms with van der Waals surface area (Å²) in [7, 11) is 0. The van der Waals surface area contributed by atoms with Crippen molar-refractivity contribution in [3.8, 4) is 17.5 Å². The summed E-state index contributed by atoms with van der Waals surface area (Å²) in [6.45, 7) is 1.88. The molecule has 136 valence electrons. The first-order valence-corrected chi connectivity index (χ1v) is 9.20. The number of hydrogen-bond donors (Lipinski definition) is 1. The summed E-state index contributed by atoms with van der Waals surface area (Å²) in [5.41, 5.74) is 0.949. The number of nitrogens with zero attached hydrogens (tertiary/aromatic N) is 4. The van der Waals surface area contributed by atoms with E-state index in [1.54, 1.807) is 6.26 Å². The highest BCUT2D eigenvalue weighted by Gasteiger charge is 2.22. The van der Waals surface area contributed by atoms with Gasteiger partial charge >= 0.3 is 0 Å². The van der Waals surface area contributed by atoms with Crippen LogP contribution in [0.5, 0.6) is 0 Å². The largest absolute Gasteiger partial charge is 0.467 e. The summed E-state index contributed by atoms with van der Waals surface area (Å²) in [5, 5.41) is 25.7. The number of furan rings is 1. The summed E-state index contributed by atoms with van der Waals surface area (Å²) in [6.07, 6.45) is 1.60. The number of aromatic nitrogens is 3. The van der Waals surface area contributed by atoms with E-state index in [1.165, 1.54) is 18.7 Å². The normalized spacial score (nSPS) is 11.7. The Labute approximate surface area is 160 Å². The highest BCUT2D eigenvalue weighted by molar-refractivity contribution is 7.99. The van der Waals surface area contributed by atoms with Gasteiger partial charge in [0.15, 0.2) is 16.8 Å². The summed E-state index contributed by atoms with van der Waals surface area (Å²) in [5.74, 6) is 0.114. The van der Waals surface area contributed by atoms with Gasteiger partial charge in [0.05, 0.1) is 24.6 Å². The average molecular weight is 379 g/mol. The Bertz CT molecular complexity index is 973. The fraction of sp³-hybridized carbons (Fsp3) is 0.211. The van der Waals surface area contributed by atoms with Crippen LogP contribution in [0.1, 0.15) is 12.7 Å². The zero-order valence-corrected chi connectivity index (χ0v) is 15.4. The van der Waals surface area contributed by atoms with E-state index in [0.717, 1.165) is 11.3 Å². The molecule has 0 aliphatic carbocycles. The van der Waals surface area contributed by atoms with E-state index in [0.29, 0.717) is 17.5 Å². The highest BCUT2D eigenvalue weighted by Crippen LogP contribution is 2.25. The van der Waals surface area contributed by atoms with Crippen LogP contribution in [0.15, 0.2) is 58.3 Å². The van der Waals surface area contributed by atoms with E-state index in [-0.39, 0.29) is 17.2 Å². The molecule has 3 rings (SSSR count). The maximum absolute atomic E-state index is 12.2. The number of Topliss-reactive ketones (excluding diaryl/α,β-unsaturated/α-hetero) is 1. The lowest BCUT2D eigenvalue weighted by Crippen LogP contribution is -2.21. The van der Waals surface area contributed by atoms with Gasteiger partial charge in [-0.15, -0.1) is 10.2 Å². The number of thioether (sulfide) groups is 1. The fourth-order valence-electron chi connectivity index (χ4n) is 2.53. The van der Waals surface area contributed by atoms with Crippen LogP contribution in [0.2, 0.25) is 0 Å². The van der Waals surface area contributed by atoms with Gasteiger partial charge in [-0.1, -0.05) is 42.1 Å². The molecule has 0 spiro atoms. The number of carbonyl (C=O) groups is 1. The maximum atomic E-state index is 12.2. The SMILES string of the molecule is CC(=N)C(C#N)C(=O)CSc1nnc(-c2ccccc2)n1Cc1ccco1. The lowest BCUT2D eigenvalue weighted by atomic mass is 10.0. The highest BCUT2D eigenvalue weighted by atomic mass is 32.2. The van der Waals surface area contributed by atoms with E-state index in [2.05, 4.69) is 10.2 Å². The van der Waals surface area contributed by atoms with Crippen molar-refractivity contribution in [3.05, 3.63) is 54.5 Å². The second-order valence-electron chi connectivity index (χ2n) is 5.84. The summed E-state index contributed by atoms with van der Waals surface area (Å²) in [6, 6.07) is 15.2. The van der Waals surface area contributed by atoms with Crippen molar-refractivity contribution >= 4 is 23.3 Å². The van der Waals surface area contributed by atoms with E-state index < -0.39 is 5.92 Å². The molecular weight excluding hydrogens is 362 g/mol. The molecule has 0 saturated carbocycles. The molecule has 8 heteroatoms. The van der Waals surface area contributed by atoms with Gasteiger partial charge in [0.25, 0.3) is 0 Å². The molecule has 27 heavy (non-hydrogen) atoms. The third-order valence-electron chi connectivity index (χ3n) is 3.87. The van der Waals surface area contributed by atoms with Crippen molar-refractivity contribution < 1.29 is 9.21 Å². The van der Waals surface area contributed by atoms with Crippen LogP contribution >= 0.6 is 11.8 Å². The molecule has 2 heterocycles. The third kappa shape index (κ3) is 4.33. The zero-order valence-electron chi connectivity index (χ0n) is 14.6. The molecule has 7 nitrogen and oxygen atoms in total. The molecule has 3 aromatic rings. The first-order valence-electron chi connectivity index (χ1n) is 8.21. The number of nitrogens with one attached hydrogen (secondary N) is 1. The standard InChI is InChI=1S/C19H17N5O2S/c1-13(21)16(10-20)17(25)12-27-19-23-22-18(14-6-3-2-4-7-14)24(19)11-15-8-5-9-26-15/h2-9,16,21H,11-12H2,1H3. The molecule has 0 aliphatic rings. The van der Waals surface area contributed by atoms with Crippen LogP contribution in [0.4, 0.5) is 0 Å². The molecule has 0 amide bonds. The van der Waals surface area contributed by atoms with Crippen molar-refractivity contribution in [1.29, 1.82) is 10.7 Å². The first kappa shape index (κ1) is 18.6. The predicted octanol–water partition coefficient (Wildman–Crippen LogP) is 3.43. The molecule has 1 aromatic carbocycles. The molecule has 0 saturated heterocycles. The van der Waals surface area contributed by atoms with Gasteiger partial charge < -0.3 is 9.83 Å². The van der Waals surface area contributed by atoms with E-state index in [9.17, 15) is 4.79 Å². The van der Waals surface area contributed by atoms with E-state index in [4.69, 9.17) is 15.1 Å². The zero-order chi connectivity index (χ0) is 19.2. The molecule has 0 aliphatic heterocycles. The lowest BCUT2D eigenvalue weighted by Gasteiger charge is -2.09. The van der Waals surface area contributed by atoms with Crippen molar-refractivity contribution in [3.63, 3.8) is 0 Å².